The molecule has 1 aromatic carbocycles. The van der Waals surface area contributed by atoms with E-state index in [4.69, 9.17) is 23.8 Å². The first-order valence-electron chi connectivity index (χ1n) is 8.72. The first-order valence-corrected chi connectivity index (χ1v) is 9.51. The number of halogens is 1. The van der Waals surface area contributed by atoms with Crippen molar-refractivity contribution in [3.63, 3.8) is 0 Å². The molecule has 1 fully saturated rings. The molecule has 0 unspecified atom stereocenters. The topological polar surface area (TPSA) is 24.9 Å². The van der Waals surface area contributed by atoms with Gasteiger partial charge < -0.3 is 5.32 Å². The zero-order valence-electron chi connectivity index (χ0n) is 13.8. The highest BCUT2D eigenvalue weighted by atomic mass is 35.5. The van der Waals surface area contributed by atoms with Crippen LogP contribution in [0.1, 0.15) is 48.9 Å². The van der Waals surface area contributed by atoms with Crippen LogP contribution in [0.25, 0.3) is 0 Å². The zero-order chi connectivity index (χ0) is 16.8. The van der Waals surface area contributed by atoms with E-state index in [-0.39, 0.29) is 0 Å². The average Bonchev–Trinajstić information content (AvgIpc) is 2.61. The highest BCUT2D eigenvalue weighted by molar-refractivity contribution is 7.80. The summed E-state index contributed by atoms with van der Waals surface area (Å²) in [5.74, 6) is 0. The van der Waals surface area contributed by atoms with Crippen LogP contribution in [-0.2, 0) is 12.8 Å². The maximum atomic E-state index is 6.12. The second kappa shape index (κ2) is 8.59. The maximum absolute atomic E-state index is 6.12. The lowest BCUT2D eigenvalue weighted by Gasteiger charge is -2.24. The van der Waals surface area contributed by atoms with Gasteiger partial charge in [-0.1, -0.05) is 73.4 Å². The summed E-state index contributed by atoms with van der Waals surface area (Å²) in [5, 5.41) is 4.07. The van der Waals surface area contributed by atoms with Crippen molar-refractivity contribution >= 4 is 28.8 Å². The second-order valence-corrected chi connectivity index (χ2v) is 7.22. The van der Waals surface area contributed by atoms with E-state index in [0.717, 1.165) is 29.1 Å². The predicted molar refractivity (Wildman–Crippen MR) is 105 cm³/mol. The molecule has 0 bridgehead atoms. The molecule has 2 aromatic rings. The van der Waals surface area contributed by atoms with E-state index < -0.39 is 0 Å². The van der Waals surface area contributed by atoms with Gasteiger partial charge in [0.1, 0.15) is 10.1 Å². The van der Waals surface area contributed by atoms with Gasteiger partial charge in [-0.05, 0) is 43.4 Å². The van der Waals surface area contributed by atoms with E-state index >= 15 is 0 Å². The Balaban J connectivity index is 1.71. The van der Waals surface area contributed by atoms with Crippen LogP contribution < -0.4 is 5.32 Å². The third-order valence-corrected chi connectivity index (χ3v) is 5.17. The fraction of sp³-hybridized carbons (Fsp3) is 0.400. The van der Waals surface area contributed by atoms with Crippen molar-refractivity contribution in [2.75, 3.05) is 0 Å². The molecule has 126 valence electrons. The fourth-order valence-corrected chi connectivity index (χ4v) is 3.81. The summed E-state index contributed by atoms with van der Waals surface area (Å²) in [7, 11) is 0. The van der Waals surface area contributed by atoms with E-state index in [2.05, 4.69) is 34.6 Å². The Labute approximate surface area is 154 Å². The van der Waals surface area contributed by atoms with Crippen molar-refractivity contribution in [1.29, 1.82) is 0 Å². The second-order valence-electron chi connectivity index (χ2n) is 6.42. The summed E-state index contributed by atoms with van der Waals surface area (Å²) in [6.45, 7) is 0. The molecule has 1 aromatic heterocycles. The molecule has 0 saturated heterocycles. The molecule has 1 heterocycles. The Morgan fingerprint density at radius 3 is 2.54 bits per heavy atom. The molecule has 1 aliphatic rings. The van der Waals surface area contributed by atoms with Crippen molar-refractivity contribution in [3.8, 4) is 0 Å². The maximum Gasteiger partial charge on any atom is 0.129 e. The normalized spacial score (nSPS) is 15.2. The van der Waals surface area contributed by atoms with Crippen LogP contribution in [0, 0.1) is 0 Å². The van der Waals surface area contributed by atoms with Crippen molar-refractivity contribution in [1.82, 2.24) is 10.3 Å². The summed E-state index contributed by atoms with van der Waals surface area (Å²) in [6.07, 6.45) is 8.12. The number of hydrogen-bond donors (Lipinski definition) is 1. The molecule has 0 amide bonds. The summed E-state index contributed by atoms with van der Waals surface area (Å²) in [4.78, 5) is 5.35. The average molecular weight is 359 g/mol. The van der Waals surface area contributed by atoms with Gasteiger partial charge in [0.05, 0.1) is 5.69 Å². The zero-order valence-corrected chi connectivity index (χ0v) is 15.4. The Hall–Kier alpha value is -1.45. The Bertz CT molecular complexity index is 681. The standard InChI is InChI=1S/C20H23ClN2S/c21-19-14-12-17(20(24)22-16-9-5-2-6-10-16)18(23-19)13-11-15-7-3-1-4-8-15/h1,3-4,7-8,12,14,16H,2,5-6,9-11,13H2,(H,22,24). The van der Waals surface area contributed by atoms with Crippen molar-refractivity contribution < 1.29 is 0 Å². The number of rotatable bonds is 5. The Morgan fingerprint density at radius 1 is 1.04 bits per heavy atom. The minimum Gasteiger partial charge on any atom is -0.373 e. The van der Waals surface area contributed by atoms with Gasteiger partial charge >= 0.3 is 0 Å². The van der Waals surface area contributed by atoms with Gasteiger partial charge in [-0.2, -0.15) is 0 Å². The minimum atomic E-state index is 0.504. The van der Waals surface area contributed by atoms with Gasteiger partial charge in [0.15, 0.2) is 0 Å². The van der Waals surface area contributed by atoms with Crippen LogP contribution in [0.4, 0.5) is 0 Å². The molecule has 2 nitrogen and oxygen atoms in total. The number of hydrogen-bond acceptors (Lipinski definition) is 2. The quantitative estimate of drug-likeness (QED) is 0.593. The summed E-state index contributed by atoms with van der Waals surface area (Å²) in [5.41, 5.74) is 3.31. The van der Waals surface area contributed by atoms with Gasteiger partial charge in [0.2, 0.25) is 0 Å². The van der Waals surface area contributed by atoms with E-state index in [1.165, 1.54) is 37.7 Å². The molecular formula is C20H23ClN2S. The molecule has 4 heteroatoms. The lowest BCUT2D eigenvalue weighted by atomic mass is 9.95. The van der Waals surface area contributed by atoms with Crippen LogP contribution >= 0.6 is 23.8 Å². The summed E-state index contributed by atoms with van der Waals surface area (Å²) >= 11 is 11.8. The number of benzene rings is 1. The van der Waals surface area contributed by atoms with Crippen molar-refractivity contribution in [2.45, 2.75) is 51.0 Å². The molecular weight excluding hydrogens is 336 g/mol. The number of thiocarbonyl (C=S) groups is 1. The molecule has 0 atom stereocenters. The molecule has 1 aliphatic carbocycles. The van der Waals surface area contributed by atoms with Crippen molar-refractivity contribution in [3.05, 3.63) is 64.4 Å². The van der Waals surface area contributed by atoms with Crippen LogP contribution in [0.3, 0.4) is 0 Å². The van der Waals surface area contributed by atoms with Gasteiger partial charge in [-0.3, -0.25) is 0 Å². The molecule has 24 heavy (non-hydrogen) atoms. The number of aryl methyl sites for hydroxylation is 2. The van der Waals surface area contributed by atoms with Crippen LogP contribution in [-0.4, -0.2) is 16.0 Å². The fourth-order valence-electron chi connectivity index (χ4n) is 3.29. The van der Waals surface area contributed by atoms with Gasteiger partial charge in [-0.15, -0.1) is 0 Å². The molecule has 0 radical (unpaired) electrons. The molecule has 3 rings (SSSR count). The van der Waals surface area contributed by atoms with E-state index in [0.29, 0.717) is 11.2 Å². The number of nitrogens with zero attached hydrogens (tertiary/aromatic N) is 1. The van der Waals surface area contributed by atoms with Gasteiger partial charge in [0.25, 0.3) is 0 Å². The van der Waals surface area contributed by atoms with Crippen LogP contribution in [0.5, 0.6) is 0 Å². The predicted octanol–water partition coefficient (Wildman–Crippen LogP) is 5.12. The summed E-state index contributed by atoms with van der Waals surface area (Å²) in [6, 6.07) is 14.8. The molecule has 1 N–H and O–H groups in total. The highest BCUT2D eigenvalue weighted by Gasteiger charge is 2.17. The lowest BCUT2D eigenvalue weighted by molar-refractivity contribution is 0.415. The molecule has 0 aliphatic heterocycles. The van der Waals surface area contributed by atoms with Gasteiger partial charge in [-0.25, -0.2) is 4.98 Å². The number of nitrogens with one attached hydrogen (secondary N) is 1. The Kier molecular flexibility index (Phi) is 6.22. The smallest absolute Gasteiger partial charge is 0.129 e. The van der Waals surface area contributed by atoms with Crippen LogP contribution in [0.2, 0.25) is 5.15 Å². The van der Waals surface area contributed by atoms with Crippen LogP contribution in [0.15, 0.2) is 42.5 Å². The van der Waals surface area contributed by atoms with Crippen molar-refractivity contribution in [2.24, 2.45) is 0 Å². The third-order valence-electron chi connectivity index (χ3n) is 4.62. The SMILES string of the molecule is S=C(NC1CCCCC1)c1ccc(Cl)nc1CCc1ccccc1. The minimum absolute atomic E-state index is 0.504. The number of aromatic nitrogens is 1. The Morgan fingerprint density at radius 2 is 1.79 bits per heavy atom. The highest BCUT2D eigenvalue weighted by Crippen LogP contribution is 2.20. The van der Waals surface area contributed by atoms with E-state index in [9.17, 15) is 0 Å². The number of pyridine rings is 1. The first kappa shape index (κ1) is 17.4. The lowest BCUT2D eigenvalue weighted by Crippen LogP contribution is -2.36. The molecule has 1 saturated carbocycles. The van der Waals surface area contributed by atoms with Gasteiger partial charge in [0, 0.05) is 11.6 Å². The largest absolute Gasteiger partial charge is 0.373 e. The summed E-state index contributed by atoms with van der Waals surface area (Å²) < 4.78 is 0. The first-order chi connectivity index (χ1) is 11.7. The third kappa shape index (κ3) is 4.78. The van der Waals surface area contributed by atoms with E-state index in [1.807, 2.05) is 18.2 Å². The monoisotopic (exact) mass is 358 g/mol. The molecule has 0 spiro atoms. The van der Waals surface area contributed by atoms with E-state index in [1.54, 1.807) is 0 Å².